The lowest BCUT2D eigenvalue weighted by Gasteiger charge is -2.15. The summed E-state index contributed by atoms with van der Waals surface area (Å²) >= 11 is 1.47. The highest BCUT2D eigenvalue weighted by Crippen LogP contribution is 2.35. The number of nitrogens with zero attached hydrogens (tertiary/aromatic N) is 3. The van der Waals surface area contributed by atoms with E-state index < -0.39 is 0 Å². The molecule has 1 fully saturated rings. The van der Waals surface area contributed by atoms with Crippen LogP contribution in [-0.4, -0.2) is 45.9 Å². The number of aryl methyl sites for hydroxylation is 1. The third kappa shape index (κ3) is 3.93. The van der Waals surface area contributed by atoms with E-state index in [1.807, 2.05) is 37.3 Å². The third-order valence-corrected chi connectivity index (χ3v) is 6.41. The zero-order valence-corrected chi connectivity index (χ0v) is 17.0. The summed E-state index contributed by atoms with van der Waals surface area (Å²) in [5, 5.41) is 3.15. The van der Waals surface area contributed by atoms with E-state index >= 15 is 0 Å². The number of amides is 2. The van der Waals surface area contributed by atoms with Crippen LogP contribution in [0.15, 0.2) is 41.5 Å². The van der Waals surface area contributed by atoms with Crippen molar-refractivity contribution in [3.63, 3.8) is 0 Å². The smallest absolute Gasteiger partial charge is 0.262 e. The predicted octanol–water partition coefficient (Wildman–Crippen LogP) is 2.17. The Hall–Kier alpha value is -3.00. The molecule has 1 aliphatic heterocycles. The van der Waals surface area contributed by atoms with Crippen LogP contribution >= 0.6 is 11.3 Å². The molecule has 1 aromatic carbocycles. The molecule has 8 heteroatoms. The number of rotatable bonds is 5. The van der Waals surface area contributed by atoms with Crippen LogP contribution in [0.25, 0.3) is 20.7 Å². The lowest BCUT2D eigenvalue weighted by atomic mass is 10.1. The van der Waals surface area contributed by atoms with Gasteiger partial charge in [0.05, 0.1) is 18.3 Å². The average Bonchev–Trinajstić information content (AvgIpc) is 3.38. The van der Waals surface area contributed by atoms with Gasteiger partial charge in [-0.15, -0.1) is 11.3 Å². The summed E-state index contributed by atoms with van der Waals surface area (Å²) in [7, 11) is 0. The van der Waals surface area contributed by atoms with Gasteiger partial charge < -0.3 is 10.2 Å². The van der Waals surface area contributed by atoms with Gasteiger partial charge in [0.15, 0.2) is 0 Å². The highest BCUT2D eigenvalue weighted by Gasteiger charge is 2.19. The first-order chi connectivity index (χ1) is 14.0. The maximum atomic E-state index is 13.0. The zero-order valence-electron chi connectivity index (χ0n) is 16.2. The summed E-state index contributed by atoms with van der Waals surface area (Å²) in [6.07, 6.45) is 3.41. The molecule has 0 spiro atoms. The molecule has 3 heterocycles. The van der Waals surface area contributed by atoms with Gasteiger partial charge in [-0.1, -0.05) is 30.3 Å². The second-order valence-electron chi connectivity index (χ2n) is 7.14. The van der Waals surface area contributed by atoms with E-state index in [9.17, 15) is 14.4 Å². The molecular formula is C21H22N4O3S. The van der Waals surface area contributed by atoms with Gasteiger partial charge in [-0.3, -0.25) is 19.0 Å². The number of thiophene rings is 1. The number of likely N-dealkylation sites (tertiary alicyclic amines) is 1. The fourth-order valence-corrected chi connectivity index (χ4v) is 4.74. The molecule has 0 unspecified atom stereocenters. The molecule has 1 saturated heterocycles. The van der Waals surface area contributed by atoms with Gasteiger partial charge in [0.1, 0.15) is 11.4 Å². The Labute approximate surface area is 172 Å². The Bertz CT molecular complexity index is 1110. The van der Waals surface area contributed by atoms with Crippen LogP contribution in [0.3, 0.4) is 0 Å². The molecule has 29 heavy (non-hydrogen) atoms. The number of nitrogens with one attached hydrogen (secondary N) is 1. The van der Waals surface area contributed by atoms with Crippen molar-refractivity contribution in [1.82, 2.24) is 19.8 Å². The molecule has 0 radical (unpaired) electrons. The standard InChI is InChI=1S/C21H22N4O3S/c1-14-18-20(29-19(14)15-7-3-2-4-8-15)23-13-25(21(18)28)12-16(26)22-11-17(27)24-9-5-6-10-24/h2-4,7-8,13H,5-6,9-12H2,1H3,(H,22,26). The molecule has 1 aliphatic rings. The van der Waals surface area contributed by atoms with Gasteiger partial charge in [-0.2, -0.15) is 0 Å². The fourth-order valence-electron chi connectivity index (χ4n) is 3.60. The minimum absolute atomic E-state index is 0.0428. The SMILES string of the molecule is Cc1c(-c2ccccc2)sc2ncn(CC(=O)NCC(=O)N3CCCC3)c(=O)c12. The van der Waals surface area contributed by atoms with Crippen LogP contribution in [0.4, 0.5) is 0 Å². The van der Waals surface area contributed by atoms with E-state index in [0.717, 1.165) is 41.9 Å². The number of hydrogen-bond acceptors (Lipinski definition) is 5. The summed E-state index contributed by atoms with van der Waals surface area (Å²) in [6, 6.07) is 9.86. The third-order valence-electron chi connectivity index (χ3n) is 5.16. The second-order valence-corrected chi connectivity index (χ2v) is 8.14. The van der Waals surface area contributed by atoms with Crippen LogP contribution in [0.5, 0.6) is 0 Å². The van der Waals surface area contributed by atoms with Crippen LogP contribution < -0.4 is 10.9 Å². The Kier molecular flexibility index (Phi) is 5.44. The molecule has 3 aromatic rings. The maximum absolute atomic E-state index is 13.0. The largest absolute Gasteiger partial charge is 0.345 e. The minimum atomic E-state index is -0.378. The van der Waals surface area contributed by atoms with Gasteiger partial charge in [0.2, 0.25) is 11.8 Å². The highest BCUT2D eigenvalue weighted by atomic mass is 32.1. The molecule has 0 aliphatic carbocycles. The Balaban J connectivity index is 1.51. The first-order valence-electron chi connectivity index (χ1n) is 9.63. The molecule has 7 nitrogen and oxygen atoms in total. The first-order valence-corrected chi connectivity index (χ1v) is 10.4. The van der Waals surface area contributed by atoms with Crippen molar-refractivity contribution in [3.05, 3.63) is 52.6 Å². The van der Waals surface area contributed by atoms with E-state index in [-0.39, 0.29) is 30.5 Å². The molecule has 0 bridgehead atoms. The van der Waals surface area contributed by atoms with E-state index in [4.69, 9.17) is 0 Å². The number of carbonyl (C=O) groups is 2. The van der Waals surface area contributed by atoms with E-state index in [2.05, 4.69) is 10.3 Å². The fraction of sp³-hybridized carbons (Fsp3) is 0.333. The van der Waals surface area contributed by atoms with Gasteiger partial charge >= 0.3 is 0 Å². The van der Waals surface area contributed by atoms with Gasteiger partial charge in [-0.05, 0) is 30.9 Å². The molecule has 150 valence electrons. The summed E-state index contributed by atoms with van der Waals surface area (Å²) in [5.74, 6) is -0.463. The molecule has 0 atom stereocenters. The number of benzene rings is 1. The van der Waals surface area contributed by atoms with Crippen molar-refractivity contribution in [2.24, 2.45) is 0 Å². The first kappa shape index (κ1) is 19.3. The lowest BCUT2D eigenvalue weighted by molar-refractivity contribution is -0.132. The van der Waals surface area contributed by atoms with Crippen molar-refractivity contribution in [2.45, 2.75) is 26.3 Å². The predicted molar refractivity (Wildman–Crippen MR) is 113 cm³/mol. The molecule has 1 N–H and O–H groups in total. The van der Waals surface area contributed by atoms with Gasteiger partial charge in [0, 0.05) is 18.0 Å². The van der Waals surface area contributed by atoms with E-state index in [1.54, 1.807) is 4.90 Å². The number of hydrogen-bond donors (Lipinski definition) is 1. The van der Waals surface area contributed by atoms with Gasteiger partial charge in [0.25, 0.3) is 5.56 Å². The van der Waals surface area contributed by atoms with E-state index in [0.29, 0.717) is 10.2 Å². The molecular weight excluding hydrogens is 388 g/mol. The molecule has 2 aromatic heterocycles. The summed E-state index contributed by atoms with van der Waals surface area (Å²) < 4.78 is 1.30. The topological polar surface area (TPSA) is 84.3 Å². The maximum Gasteiger partial charge on any atom is 0.262 e. The van der Waals surface area contributed by atoms with E-state index in [1.165, 1.54) is 22.2 Å². The lowest BCUT2D eigenvalue weighted by Crippen LogP contribution is -2.40. The summed E-state index contributed by atoms with van der Waals surface area (Å²) in [4.78, 5) is 45.1. The van der Waals surface area contributed by atoms with Crippen molar-refractivity contribution in [3.8, 4) is 10.4 Å². The second kappa shape index (κ2) is 8.16. The average molecular weight is 410 g/mol. The number of fused-ring (bicyclic) bond motifs is 1. The summed E-state index contributed by atoms with van der Waals surface area (Å²) in [6.45, 7) is 3.19. The van der Waals surface area contributed by atoms with Crippen molar-refractivity contribution in [2.75, 3.05) is 19.6 Å². The summed E-state index contributed by atoms with van der Waals surface area (Å²) in [5.41, 5.74) is 1.66. The Morgan fingerprint density at radius 1 is 1.17 bits per heavy atom. The van der Waals surface area contributed by atoms with Crippen LogP contribution in [0.1, 0.15) is 18.4 Å². The molecule has 4 rings (SSSR count). The number of carbonyl (C=O) groups excluding carboxylic acids is 2. The van der Waals surface area contributed by atoms with Crippen LogP contribution in [0, 0.1) is 6.92 Å². The van der Waals surface area contributed by atoms with Crippen molar-refractivity contribution < 1.29 is 9.59 Å². The zero-order chi connectivity index (χ0) is 20.4. The molecule has 2 amide bonds. The van der Waals surface area contributed by atoms with Crippen molar-refractivity contribution in [1.29, 1.82) is 0 Å². The normalized spacial score (nSPS) is 13.8. The number of aromatic nitrogens is 2. The highest BCUT2D eigenvalue weighted by molar-refractivity contribution is 7.22. The van der Waals surface area contributed by atoms with Crippen molar-refractivity contribution >= 4 is 33.4 Å². The molecule has 0 saturated carbocycles. The van der Waals surface area contributed by atoms with Crippen LogP contribution in [0.2, 0.25) is 0 Å². The minimum Gasteiger partial charge on any atom is -0.345 e. The Morgan fingerprint density at radius 2 is 1.90 bits per heavy atom. The monoisotopic (exact) mass is 410 g/mol. The Morgan fingerprint density at radius 3 is 2.62 bits per heavy atom. The van der Waals surface area contributed by atoms with Crippen LogP contribution in [-0.2, 0) is 16.1 Å². The quantitative estimate of drug-likeness (QED) is 0.699. The van der Waals surface area contributed by atoms with Gasteiger partial charge in [-0.25, -0.2) is 4.98 Å².